The van der Waals surface area contributed by atoms with Crippen LogP contribution < -0.4 is 9.47 Å². The van der Waals surface area contributed by atoms with Gasteiger partial charge in [0.05, 0.1) is 17.1 Å². The van der Waals surface area contributed by atoms with Gasteiger partial charge in [-0.15, -0.1) is 0 Å². The van der Waals surface area contributed by atoms with Gasteiger partial charge >= 0.3 is 0 Å². The van der Waals surface area contributed by atoms with Crippen LogP contribution in [0.3, 0.4) is 0 Å². The molecule has 5 heterocycles. The SMILES string of the molecule is Cc1ncc(C)n2nc([C@H]3CC3c3nc4c5c(ccn4c3C)OCCO5)nc12. The maximum atomic E-state index is 5.84. The van der Waals surface area contributed by atoms with E-state index in [4.69, 9.17) is 24.5 Å². The summed E-state index contributed by atoms with van der Waals surface area (Å²) in [5.41, 5.74) is 5.79. The standard InChI is InChI=1S/C20H20N6O2/c1-10-9-21-11(2)19-23-18(24-26(10)19)14-8-13(14)16-12(3)25-5-4-15-17(20(25)22-16)28-7-6-27-15/h4-5,9,13-14H,6-8H2,1-3H3/t13?,14-/m0/s1. The molecule has 0 N–H and O–H groups in total. The van der Waals surface area contributed by atoms with E-state index < -0.39 is 0 Å². The minimum Gasteiger partial charge on any atom is -0.486 e. The van der Waals surface area contributed by atoms with E-state index in [1.54, 1.807) is 0 Å². The Balaban J connectivity index is 1.40. The van der Waals surface area contributed by atoms with Gasteiger partial charge in [-0.25, -0.2) is 14.5 Å². The fourth-order valence-corrected chi connectivity index (χ4v) is 4.15. The van der Waals surface area contributed by atoms with Crippen molar-refractivity contribution in [3.63, 3.8) is 0 Å². The monoisotopic (exact) mass is 376 g/mol. The molecule has 0 bridgehead atoms. The average Bonchev–Trinajstić information content (AvgIpc) is 3.23. The van der Waals surface area contributed by atoms with Crippen LogP contribution in [0.5, 0.6) is 11.5 Å². The van der Waals surface area contributed by atoms with Crippen molar-refractivity contribution in [1.29, 1.82) is 0 Å². The lowest BCUT2D eigenvalue weighted by atomic mass is 10.2. The summed E-state index contributed by atoms with van der Waals surface area (Å²) in [6.07, 6.45) is 4.85. The molecular weight excluding hydrogens is 356 g/mol. The minimum absolute atomic E-state index is 0.287. The molecule has 2 atom stereocenters. The number of rotatable bonds is 2. The first-order chi connectivity index (χ1) is 13.6. The highest BCUT2D eigenvalue weighted by Crippen LogP contribution is 2.54. The Labute approximate surface area is 161 Å². The summed E-state index contributed by atoms with van der Waals surface area (Å²) in [5, 5.41) is 4.75. The molecule has 142 valence electrons. The first kappa shape index (κ1) is 15.9. The summed E-state index contributed by atoms with van der Waals surface area (Å²) in [6, 6.07) is 1.95. The normalized spacial score (nSPS) is 20.8. The van der Waals surface area contributed by atoms with Gasteiger partial charge in [-0.05, 0) is 27.2 Å². The second-order valence-electron chi connectivity index (χ2n) is 7.62. The lowest BCUT2D eigenvalue weighted by molar-refractivity contribution is 0.172. The van der Waals surface area contributed by atoms with Crippen LogP contribution in [0.25, 0.3) is 11.3 Å². The second kappa shape index (κ2) is 5.43. The number of imidazole rings is 1. The number of aromatic nitrogens is 6. The van der Waals surface area contributed by atoms with Gasteiger partial charge in [-0.2, -0.15) is 5.10 Å². The van der Waals surface area contributed by atoms with Crippen LogP contribution in [0.15, 0.2) is 18.5 Å². The predicted molar refractivity (Wildman–Crippen MR) is 101 cm³/mol. The number of hydrogen-bond acceptors (Lipinski definition) is 6. The van der Waals surface area contributed by atoms with Gasteiger partial charge in [0.25, 0.3) is 0 Å². The van der Waals surface area contributed by atoms with Gasteiger partial charge in [-0.1, -0.05) is 0 Å². The van der Waals surface area contributed by atoms with Gasteiger partial charge in [0, 0.05) is 36.0 Å². The summed E-state index contributed by atoms with van der Waals surface area (Å²) < 4.78 is 15.5. The number of hydrogen-bond donors (Lipinski definition) is 0. The number of pyridine rings is 1. The van der Waals surface area contributed by atoms with Crippen molar-refractivity contribution in [3.8, 4) is 11.5 Å². The molecule has 8 heteroatoms. The van der Waals surface area contributed by atoms with Crippen LogP contribution in [0.4, 0.5) is 0 Å². The maximum absolute atomic E-state index is 5.84. The molecule has 4 aromatic rings. The zero-order valence-electron chi connectivity index (χ0n) is 16.0. The van der Waals surface area contributed by atoms with Crippen molar-refractivity contribution < 1.29 is 9.47 Å². The van der Waals surface area contributed by atoms with E-state index in [9.17, 15) is 0 Å². The molecule has 0 radical (unpaired) electrons. The number of nitrogens with zero attached hydrogens (tertiary/aromatic N) is 6. The Kier molecular flexibility index (Phi) is 3.08. The van der Waals surface area contributed by atoms with Crippen molar-refractivity contribution in [1.82, 2.24) is 29.0 Å². The predicted octanol–water partition coefficient (Wildman–Crippen LogP) is 2.74. The fourth-order valence-electron chi connectivity index (χ4n) is 4.15. The number of aryl methyl sites for hydroxylation is 3. The summed E-state index contributed by atoms with van der Waals surface area (Å²) in [6.45, 7) is 7.20. The molecule has 4 aromatic heterocycles. The average molecular weight is 376 g/mol. The van der Waals surface area contributed by atoms with Crippen LogP contribution in [0, 0.1) is 20.8 Å². The Hall–Kier alpha value is -3.16. The molecule has 0 saturated heterocycles. The molecule has 0 amide bonds. The van der Waals surface area contributed by atoms with Crippen LogP contribution in [-0.2, 0) is 0 Å². The smallest absolute Gasteiger partial charge is 0.205 e. The molecule has 0 aromatic carbocycles. The van der Waals surface area contributed by atoms with E-state index in [1.807, 2.05) is 36.8 Å². The van der Waals surface area contributed by atoms with Crippen molar-refractivity contribution in [2.24, 2.45) is 0 Å². The highest BCUT2D eigenvalue weighted by Gasteiger charge is 2.45. The van der Waals surface area contributed by atoms with Crippen molar-refractivity contribution in [2.45, 2.75) is 39.0 Å². The molecule has 6 rings (SSSR count). The van der Waals surface area contributed by atoms with Crippen LogP contribution in [0.1, 0.15) is 46.9 Å². The third-order valence-corrected chi connectivity index (χ3v) is 5.78. The van der Waals surface area contributed by atoms with E-state index >= 15 is 0 Å². The van der Waals surface area contributed by atoms with Crippen molar-refractivity contribution >= 4 is 11.3 Å². The molecule has 8 nitrogen and oxygen atoms in total. The molecule has 1 unspecified atom stereocenters. The molecule has 1 aliphatic heterocycles. The van der Waals surface area contributed by atoms with Gasteiger partial charge in [0.1, 0.15) is 13.2 Å². The summed E-state index contributed by atoms with van der Waals surface area (Å²) in [5.74, 6) is 3.00. The van der Waals surface area contributed by atoms with Gasteiger partial charge in [-0.3, -0.25) is 4.98 Å². The Bertz CT molecular complexity index is 1220. The maximum Gasteiger partial charge on any atom is 0.205 e. The lowest BCUT2D eigenvalue weighted by Crippen LogP contribution is -2.16. The zero-order valence-corrected chi connectivity index (χ0v) is 16.0. The number of fused-ring (bicyclic) bond motifs is 4. The highest BCUT2D eigenvalue weighted by atomic mass is 16.6. The van der Waals surface area contributed by atoms with Crippen LogP contribution >= 0.6 is 0 Å². The highest BCUT2D eigenvalue weighted by molar-refractivity contribution is 5.64. The van der Waals surface area contributed by atoms with E-state index in [1.165, 1.54) is 0 Å². The Morgan fingerprint density at radius 1 is 1.04 bits per heavy atom. The van der Waals surface area contributed by atoms with Crippen molar-refractivity contribution in [2.75, 3.05) is 13.2 Å². The largest absolute Gasteiger partial charge is 0.486 e. The second-order valence-corrected chi connectivity index (χ2v) is 7.62. The molecule has 1 aliphatic carbocycles. The molecular formula is C20H20N6O2. The third-order valence-electron chi connectivity index (χ3n) is 5.78. The quantitative estimate of drug-likeness (QED) is 0.535. The third kappa shape index (κ3) is 2.11. The molecule has 2 aliphatic rings. The van der Waals surface area contributed by atoms with Gasteiger partial charge < -0.3 is 13.9 Å². The number of ether oxygens (including phenoxy) is 2. The van der Waals surface area contributed by atoms with E-state index in [0.29, 0.717) is 19.1 Å². The Morgan fingerprint density at radius 2 is 1.89 bits per heavy atom. The Morgan fingerprint density at radius 3 is 2.75 bits per heavy atom. The lowest BCUT2D eigenvalue weighted by Gasteiger charge is -2.18. The molecule has 28 heavy (non-hydrogen) atoms. The first-order valence-corrected chi connectivity index (χ1v) is 9.58. The fraction of sp³-hybridized carbons (Fsp3) is 0.400. The van der Waals surface area contributed by atoms with E-state index in [0.717, 1.165) is 57.8 Å². The summed E-state index contributed by atoms with van der Waals surface area (Å²) in [4.78, 5) is 14.1. The van der Waals surface area contributed by atoms with Crippen LogP contribution in [0.2, 0.25) is 0 Å². The molecule has 1 fully saturated rings. The van der Waals surface area contributed by atoms with Gasteiger partial charge in [0.15, 0.2) is 22.9 Å². The van der Waals surface area contributed by atoms with E-state index in [2.05, 4.69) is 16.3 Å². The van der Waals surface area contributed by atoms with E-state index in [-0.39, 0.29) is 5.92 Å². The van der Waals surface area contributed by atoms with Crippen LogP contribution in [-0.4, -0.2) is 42.2 Å². The van der Waals surface area contributed by atoms with Gasteiger partial charge in [0.2, 0.25) is 5.75 Å². The summed E-state index contributed by atoms with van der Waals surface area (Å²) >= 11 is 0. The molecule has 1 saturated carbocycles. The zero-order chi connectivity index (χ0) is 19.0. The topological polar surface area (TPSA) is 78.8 Å². The first-order valence-electron chi connectivity index (χ1n) is 9.58. The molecule has 0 spiro atoms. The summed E-state index contributed by atoms with van der Waals surface area (Å²) in [7, 11) is 0. The minimum atomic E-state index is 0.287. The van der Waals surface area contributed by atoms with Crippen molar-refractivity contribution in [3.05, 3.63) is 47.1 Å².